The number of benzene rings is 2. The topological polar surface area (TPSA) is 95.9 Å². The molecule has 174 valence electrons. The minimum absolute atomic E-state index is 0.00277. The second-order valence-corrected chi connectivity index (χ2v) is 9.11. The Morgan fingerprint density at radius 1 is 1.06 bits per heavy atom. The molecule has 1 fully saturated rings. The first-order chi connectivity index (χ1) is 15.9. The molecule has 0 saturated carbocycles. The molecule has 7 heteroatoms. The molecule has 1 heterocycles. The predicted molar refractivity (Wildman–Crippen MR) is 124 cm³/mol. The van der Waals surface area contributed by atoms with Crippen molar-refractivity contribution in [3.63, 3.8) is 0 Å². The average molecular weight is 451 g/mol. The fourth-order valence-electron chi connectivity index (χ4n) is 4.94. The van der Waals surface area contributed by atoms with Gasteiger partial charge in [-0.05, 0) is 34.6 Å². The van der Waals surface area contributed by atoms with Crippen LogP contribution in [0.15, 0.2) is 48.5 Å². The van der Waals surface area contributed by atoms with Crippen LogP contribution in [0.3, 0.4) is 0 Å². The highest BCUT2D eigenvalue weighted by Crippen LogP contribution is 2.44. The quantitative estimate of drug-likeness (QED) is 0.670. The zero-order valence-corrected chi connectivity index (χ0v) is 19.0. The Labute approximate surface area is 193 Å². The van der Waals surface area contributed by atoms with Gasteiger partial charge >= 0.3 is 12.1 Å². The number of amides is 2. The van der Waals surface area contributed by atoms with Crippen molar-refractivity contribution in [1.82, 2.24) is 10.2 Å². The summed E-state index contributed by atoms with van der Waals surface area (Å²) >= 11 is 0. The van der Waals surface area contributed by atoms with Gasteiger partial charge in [-0.15, -0.1) is 0 Å². The number of rotatable bonds is 7. The van der Waals surface area contributed by atoms with Crippen LogP contribution in [0.5, 0.6) is 0 Å². The Hall–Kier alpha value is -3.35. The second kappa shape index (κ2) is 9.65. The standard InChI is InChI=1S/C26H30N2O5/c1-16(24(29)28-13-17(2)22(14-28)25(30)31)11-12-27-26(32)33-15-23-20-9-5-3-7-18(20)19-8-4-6-10-21(19)23/h3-10,16-17,22-23H,11-15H2,1-2H3,(H,27,32)(H,30,31)/t16?,17-,22-/m0/s1. The lowest BCUT2D eigenvalue weighted by Crippen LogP contribution is -2.36. The number of likely N-dealkylation sites (tertiary alicyclic amines) is 1. The first kappa shape index (κ1) is 22.8. The van der Waals surface area contributed by atoms with E-state index in [-0.39, 0.29) is 36.8 Å². The molecule has 1 unspecified atom stereocenters. The third kappa shape index (κ3) is 4.72. The van der Waals surface area contributed by atoms with Crippen LogP contribution < -0.4 is 5.32 Å². The van der Waals surface area contributed by atoms with Gasteiger partial charge in [0.25, 0.3) is 0 Å². The Morgan fingerprint density at radius 3 is 2.24 bits per heavy atom. The van der Waals surface area contributed by atoms with E-state index in [1.165, 1.54) is 11.1 Å². The van der Waals surface area contributed by atoms with E-state index < -0.39 is 18.0 Å². The number of carboxylic acids is 1. The van der Waals surface area contributed by atoms with Crippen LogP contribution in [0, 0.1) is 17.8 Å². The van der Waals surface area contributed by atoms with E-state index in [0.717, 1.165) is 11.1 Å². The van der Waals surface area contributed by atoms with Crippen molar-refractivity contribution in [2.45, 2.75) is 26.2 Å². The van der Waals surface area contributed by atoms with Crippen molar-refractivity contribution in [3.05, 3.63) is 59.7 Å². The minimum atomic E-state index is -0.859. The maximum atomic E-state index is 12.7. The highest BCUT2D eigenvalue weighted by molar-refractivity contribution is 5.81. The molecule has 33 heavy (non-hydrogen) atoms. The van der Waals surface area contributed by atoms with Crippen molar-refractivity contribution < 1.29 is 24.2 Å². The molecule has 2 N–H and O–H groups in total. The number of nitrogens with one attached hydrogen (secondary N) is 1. The van der Waals surface area contributed by atoms with Crippen molar-refractivity contribution in [1.29, 1.82) is 0 Å². The van der Waals surface area contributed by atoms with Gasteiger partial charge in [-0.2, -0.15) is 0 Å². The lowest BCUT2D eigenvalue weighted by molar-refractivity contribution is -0.142. The Kier molecular flexibility index (Phi) is 6.67. The molecule has 3 atom stereocenters. The number of carbonyl (C=O) groups is 3. The van der Waals surface area contributed by atoms with Gasteiger partial charge in [0.15, 0.2) is 0 Å². The fourth-order valence-corrected chi connectivity index (χ4v) is 4.94. The third-order valence-electron chi connectivity index (χ3n) is 6.85. The fraction of sp³-hybridized carbons (Fsp3) is 0.423. The molecule has 0 aromatic heterocycles. The summed E-state index contributed by atoms with van der Waals surface area (Å²) in [5.41, 5.74) is 4.67. The molecule has 1 saturated heterocycles. The monoisotopic (exact) mass is 450 g/mol. The van der Waals surface area contributed by atoms with Crippen LogP contribution in [0.25, 0.3) is 11.1 Å². The van der Waals surface area contributed by atoms with Gasteiger partial charge in [0, 0.05) is 31.5 Å². The van der Waals surface area contributed by atoms with Gasteiger partial charge in [-0.3, -0.25) is 9.59 Å². The van der Waals surface area contributed by atoms with Crippen LogP contribution in [-0.4, -0.2) is 54.2 Å². The van der Waals surface area contributed by atoms with Crippen LogP contribution >= 0.6 is 0 Å². The van der Waals surface area contributed by atoms with E-state index in [0.29, 0.717) is 19.5 Å². The second-order valence-electron chi connectivity index (χ2n) is 9.11. The largest absolute Gasteiger partial charge is 0.481 e. The molecule has 2 aromatic carbocycles. The molecule has 2 aliphatic rings. The molecular weight excluding hydrogens is 420 g/mol. The van der Waals surface area contributed by atoms with Crippen LogP contribution in [0.2, 0.25) is 0 Å². The predicted octanol–water partition coefficient (Wildman–Crippen LogP) is 3.73. The maximum Gasteiger partial charge on any atom is 0.407 e. The van der Waals surface area contributed by atoms with Crippen LogP contribution in [0.4, 0.5) is 4.79 Å². The minimum Gasteiger partial charge on any atom is -0.481 e. The zero-order valence-electron chi connectivity index (χ0n) is 19.0. The highest BCUT2D eigenvalue weighted by Gasteiger charge is 2.38. The number of carboxylic acid groups (broad SMARTS) is 1. The van der Waals surface area contributed by atoms with Crippen molar-refractivity contribution in [2.75, 3.05) is 26.2 Å². The number of hydrogen-bond donors (Lipinski definition) is 2. The summed E-state index contributed by atoms with van der Waals surface area (Å²) in [5, 5.41) is 12.0. The summed E-state index contributed by atoms with van der Waals surface area (Å²) in [6, 6.07) is 16.3. The van der Waals surface area contributed by atoms with Crippen molar-refractivity contribution in [2.24, 2.45) is 17.8 Å². The molecule has 1 aliphatic carbocycles. The maximum absolute atomic E-state index is 12.7. The third-order valence-corrected chi connectivity index (χ3v) is 6.85. The van der Waals surface area contributed by atoms with Crippen LogP contribution in [-0.2, 0) is 14.3 Å². The van der Waals surface area contributed by atoms with E-state index in [1.807, 2.05) is 31.2 Å². The summed E-state index contributed by atoms with van der Waals surface area (Å²) in [6.07, 6.45) is -0.0386. The smallest absolute Gasteiger partial charge is 0.407 e. The summed E-state index contributed by atoms with van der Waals surface area (Å²) in [4.78, 5) is 37.9. The number of fused-ring (bicyclic) bond motifs is 3. The molecule has 2 amide bonds. The Morgan fingerprint density at radius 2 is 1.67 bits per heavy atom. The van der Waals surface area contributed by atoms with Gasteiger partial charge in [0.2, 0.25) is 5.91 Å². The number of alkyl carbamates (subject to hydrolysis) is 1. The average Bonchev–Trinajstić information content (AvgIpc) is 3.35. The number of carbonyl (C=O) groups excluding carboxylic acids is 2. The number of nitrogens with zero attached hydrogens (tertiary/aromatic N) is 1. The number of ether oxygens (including phenoxy) is 1. The van der Waals surface area contributed by atoms with Crippen LogP contribution in [0.1, 0.15) is 37.3 Å². The molecule has 7 nitrogen and oxygen atoms in total. The van der Waals surface area contributed by atoms with Gasteiger partial charge in [-0.25, -0.2) is 4.79 Å². The van der Waals surface area contributed by atoms with E-state index in [1.54, 1.807) is 11.8 Å². The first-order valence-electron chi connectivity index (χ1n) is 11.5. The van der Waals surface area contributed by atoms with Gasteiger partial charge in [0.1, 0.15) is 6.61 Å². The lowest BCUT2D eigenvalue weighted by atomic mass is 9.98. The highest BCUT2D eigenvalue weighted by atomic mass is 16.5. The summed E-state index contributed by atoms with van der Waals surface area (Å²) < 4.78 is 5.53. The zero-order chi connectivity index (χ0) is 23.5. The van der Waals surface area contributed by atoms with Crippen molar-refractivity contribution >= 4 is 18.0 Å². The Balaban J connectivity index is 1.24. The van der Waals surface area contributed by atoms with E-state index >= 15 is 0 Å². The molecule has 0 bridgehead atoms. The summed E-state index contributed by atoms with van der Waals surface area (Å²) in [7, 11) is 0. The normalized spacial score (nSPS) is 20.1. The molecule has 0 radical (unpaired) electrons. The van der Waals surface area contributed by atoms with Gasteiger partial charge in [0.05, 0.1) is 5.92 Å². The SMILES string of the molecule is CC(CCNC(=O)OCC1c2ccccc2-c2ccccc21)C(=O)N1C[C@H](C(=O)O)[C@@H](C)C1. The molecule has 0 spiro atoms. The molecular formula is C26H30N2O5. The van der Waals surface area contributed by atoms with E-state index in [9.17, 15) is 19.5 Å². The molecule has 4 rings (SSSR count). The summed E-state index contributed by atoms with van der Waals surface area (Å²) in [5.74, 6) is -1.80. The van der Waals surface area contributed by atoms with E-state index in [2.05, 4.69) is 29.6 Å². The van der Waals surface area contributed by atoms with Crippen molar-refractivity contribution in [3.8, 4) is 11.1 Å². The van der Waals surface area contributed by atoms with E-state index in [4.69, 9.17) is 4.74 Å². The molecule has 1 aliphatic heterocycles. The number of aliphatic carboxylic acids is 1. The summed E-state index contributed by atoms with van der Waals surface area (Å²) in [6.45, 7) is 4.93. The number of hydrogen-bond acceptors (Lipinski definition) is 4. The van der Waals surface area contributed by atoms with Gasteiger partial charge < -0.3 is 20.1 Å². The Bertz CT molecular complexity index is 1010. The van der Waals surface area contributed by atoms with Gasteiger partial charge in [-0.1, -0.05) is 62.4 Å². The first-order valence-corrected chi connectivity index (χ1v) is 11.5. The lowest BCUT2D eigenvalue weighted by Gasteiger charge is -2.21. The molecule has 2 aromatic rings.